The van der Waals surface area contributed by atoms with Crippen LogP contribution in [0.1, 0.15) is 31.2 Å². The molecule has 2 rings (SSSR count). The molecular formula is C15H21N3O2. The topological polar surface area (TPSA) is 75.4 Å². The Morgan fingerprint density at radius 3 is 2.45 bits per heavy atom. The summed E-state index contributed by atoms with van der Waals surface area (Å²) < 4.78 is 0. The summed E-state index contributed by atoms with van der Waals surface area (Å²) in [7, 11) is 0. The third-order valence-electron chi connectivity index (χ3n) is 3.54. The van der Waals surface area contributed by atoms with E-state index in [1.165, 1.54) is 0 Å². The molecule has 1 fully saturated rings. The Balaban J connectivity index is 2.03. The maximum Gasteiger partial charge on any atom is 0.313 e. The summed E-state index contributed by atoms with van der Waals surface area (Å²) in [5, 5.41) is 2.61. The van der Waals surface area contributed by atoms with E-state index in [1.807, 2.05) is 13.0 Å². The van der Waals surface area contributed by atoms with Crippen molar-refractivity contribution in [1.29, 1.82) is 0 Å². The van der Waals surface area contributed by atoms with Gasteiger partial charge in [0.05, 0.1) is 11.4 Å². The summed E-state index contributed by atoms with van der Waals surface area (Å²) in [5.41, 5.74) is 7.75. The van der Waals surface area contributed by atoms with Crippen molar-refractivity contribution < 1.29 is 9.59 Å². The molecule has 0 atom stereocenters. The van der Waals surface area contributed by atoms with E-state index >= 15 is 0 Å². The lowest BCUT2D eigenvalue weighted by atomic mass is 10.2. The van der Waals surface area contributed by atoms with Gasteiger partial charge in [-0.25, -0.2) is 0 Å². The Bertz CT molecular complexity index is 506. The Morgan fingerprint density at radius 1 is 1.15 bits per heavy atom. The van der Waals surface area contributed by atoms with E-state index in [0.717, 1.165) is 31.2 Å². The van der Waals surface area contributed by atoms with Crippen LogP contribution in [-0.4, -0.2) is 29.8 Å². The number of rotatable bonds is 1. The van der Waals surface area contributed by atoms with Crippen molar-refractivity contribution in [1.82, 2.24) is 4.90 Å². The van der Waals surface area contributed by atoms with Gasteiger partial charge in [-0.2, -0.15) is 0 Å². The maximum absolute atomic E-state index is 12.1. The summed E-state index contributed by atoms with van der Waals surface area (Å²) >= 11 is 0. The lowest BCUT2D eigenvalue weighted by molar-refractivity contribution is -0.143. The lowest BCUT2D eigenvalue weighted by Gasteiger charge is -2.19. The zero-order valence-electron chi connectivity index (χ0n) is 11.8. The number of nitrogens with one attached hydrogen (secondary N) is 1. The fourth-order valence-corrected chi connectivity index (χ4v) is 2.37. The monoisotopic (exact) mass is 275 g/mol. The number of nitrogen functional groups attached to an aromatic ring is 1. The number of nitrogens with two attached hydrogens (primary N) is 1. The Kier molecular flexibility index (Phi) is 4.61. The summed E-state index contributed by atoms with van der Waals surface area (Å²) in [6.07, 6.45) is 4.17. The molecule has 5 heteroatoms. The van der Waals surface area contributed by atoms with E-state index in [1.54, 1.807) is 17.0 Å². The molecule has 5 nitrogen and oxygen atoms in total. The van der Waals surface area contributed by atoms with Gasteiger partial charge in [0, 0.05) is 13.1 Å². The molecule has 0 aliphatic carbocycles. The molecule has 0 unspecified atom stereocenters. The number of carbonyl (C=O) groups excluding carboxylic acids is 2. The smallest absolute Gasteiger partial charge is 0.313 e. The van der Waals surface area contributed by atoms with Gasteiger partial charge < -0.3 is 16.0 Å². The molecule has 1 saturated heterocycles. The lowest BCUT2D eigenvalue weighted by Crippen LogP contribution is -2.40. The highest BCUT2D eigenvalue weighted by molar-refractivity contribution is 6.39. The van der Waals surface area contributed by atoms with E-state index < -0.39 is 11.8 Å². The van der Waals surface area contributed by atoms with E-state index in [9.17, 15) is 9.59 Å². The van der Waals surface area contributed by atoms with Crippen LogP contribution in [0.2, 0.25) is 0 Å². The highest BCUT2D eigenvalue weighted by Gasteiger charge is 2.23. The molecule has 0 bridgehead atoms. The Morgan fingerprint density at radius 2 is 1.80 bits per heavy atom. The molecule has 0 aromatic heterocycles. The number of amides is 2. The molecule has 1 aliphatic rings. The molecule has 20 heavy (non-hydrogen) atoms. The summed E-state index contributed by atoms with van der Waals surface area (Å²) in [6.45, 7) is 3.23. The largest absolute Gasteiger partial charge is 0.397 e. The van der Waals surface area contributed by atoms with Crippen molar-refractivity contribution in [2.24, 2.45) is 0 Å². The third kappa shape index (κ3) is 3.50. The molecule has 2 amide bonds. The second kappa shape index (κ2) is 6.41. The molecule has 1 heterocycles. The fourth-order valence-electron chi connectivity index (χ4n) is 2.37. The van der Waals surface area contributed by atoms with Gasteiger partial charge in [-0.1, -0.05) is 18.9 Å². The molecule has 0 saturated carbocycles. The van der Waals surface area contributed by atoms with Crippen molar-refractivity contribution in [3.05, 3.63) is 23.8 Å². The van der Waals surface area contributed by atoms with Crippen LogP contribution in [0.25, 0.3) is 0 Å². The molecule has 108 valence electrons. The number of aryl methyl sites for hydroxylation is 1. The van der Waals surface area contributed by atoms with Crippen LogP contribution in [0.5, 0.6) is 0 Å². The van der Waals surface area contributed by atoms with Crippen LogP contribution in [0.3, 0.4) is 0 Å². The number of benzene rings is 1. The van der Waals surface area contributed by atoms with Gasteiger partial charge in [-0.3, -0.25) is 9.59 Å². The molecule has 1 aromatic rings. The number of hydrogen-bond donors (Lipinski definition) is 2. The van der Waals surface area contributed by atoms with Crippen LogP contribution in [-0.2, 0) is 9.59 Å². The number of carbonyl (C=O) groups is 2. The van der Waals surface area contributed by atoms with Gasteiger partial charge >= 0.3 is 11.8 Å². The second-order valence-corrected chi connectivity index (χ2v) is 5.25. The van der Waals surface area contributed by atoms with E-state index in [0.29, 0.717) is 24.5 Å². The number of nitrogens with zero attached hydrogens (tertiary/aromatic N) is 1. The highest BCUT2D eigenvalue weighted by Crippen LogP contribution is 2.19. The van der Waals surface area contributed by atoms with Gasteiger partial charge in [0.15, 0.2) is 0 Å². The Labute approximate surface area is 119 Å². The van der Waals surface area contributed by atoms with Crippen LogP contribution in [0, 0.1) is 6.92 Å². The molecular weight excluding hydrogens is 254 g/mol. The fraction of sp³-hybridized carbons (Fsp3) is 0.467. The van der Waals surface area contributed by atoms with Gasteiger partial charge in [0.25, 0.3) is 0 Å². The van der Waals surface area contributed by atoms with Crippen LogP contribution >= 0.6 is 0 Å². The van der Waals surface area contributed by atoms with Crippen molar-refractivity contribution >= 4 is 23.2 Å². The number of anilines is 2. The Hall–Kier alpha value is -2.04. The SMILES string of the molecule is Cc1ccc(N)c(NC(=O)C(=O)N2CCCCCC2)c1. The van der Waals surface area contributed by atoms with Gasteiger partial charge in [-0.05, 0) is 37.5 Å². The first kappa shape index (κ1) is 14.4. The minimum Gasteiger partial charge on any atom is -0.397 e. The van der Waals surface area contributed by atoms with Gasteiger partial charge in [0.1, 0.15) is 0 Å². The van der Waals surface area contributed by atoms with Crippen LogP contribution < -0.4 is 11.1 Å². The standard InChI is InChI=1S/C15H21N3O2/c1-11-6-7-12(16)13(10-11)17-14(19)15(20)18-8-4-2-3-5-9-18/h6-7,10H,2-5,8-9,16H2,1H3,(H,17,19). The minimum absolute atomic E-state index is 0.465. The quantitative estimate of drug-likeness (QED) is 0.607. The normalized spacial score (nSPS) is 15.6. The molecule has 1 aromatic carbocycles. The van der Waals surface area contributed by atoms with E-state index in [4.69, 9.17) is 5.73 Å². The first-order valence-electron chi connectivity index (χ1n) is 7.04. The van der Waals surface area contributed by atoms with Crippen molar-refractivity contribution in [3.8, 4) is 0 Å². The first-order chi connectivity index (χ1) is 9.58. The number of hydrogen-bond acceptors (Lipinski definition) is 3. The predicted molar refractivity (Wildman–Crippen MR) is 79.3 cm³/mol. The van der Waals surface area contributed by atoms with Crippen molar-refractivity contribution in [2.75, 3.05) is 24.1 Å². The summed E-state index contributed by atoms with van der Waals surface area (Å²) in [4.78, 5) is 25.8. The third-order valence-corrected chi connectivity index (χ3v) is 3.54. The molecule has 3 N–H and O–H groups in total. The zero-order valence-corrected chi connectivity index (χ0v) is 11.8. The first-order valence-corrected chi connectivity index (χ1v) is 7.04. The number of likely N-dealkylation sites (tertiary alicyclic amines) is 1. The van der Waals surface area contributed by atoms with E-state index in [2.05, 4.69) is 5.32 Å². The van der Waals surface area contributed by atoms with Crippen molar-refractivity contribution in [3.63, 3.8) is 0 Å². The van der Waals surface area contributed by atoms with Crippen molar-refractivity contribution in [2.45, 2.75) is 32.6 Å². The van der Waals surface area contributed by atoms with E-state index in [-0.39, 0.29) is 0 Å². The summed E-state index contributed by atoms with van der Waals surface area (Å²) in [6, 6.07) is 5.35. The average Bonchev–Trinajstić information content (AvgIpc) is 2.71. The second-order valence-electron chi connectivity index (χ2n) is 5.25. The van der Waals surface area contributed by atoms with Crippen LogP contribution in [0.4, 0.5) is 11.4 Å². The predicted octanol–water partition coefficient (Wildman–Crippen LogP) is 1.92. The molecule has 1 aliphatic heterocycles. The van der Waals surface area contributed by atoms with Gasteiger partial charge in [-0.15, -0.1) is 0 Å². The van der Waals surface area contributed by atoms with Crippen LogP contribution in [0.15, 0.2) is 18.2 Å². The zero-order chi connectivity index (χ0) is 14.5. The summed E-state index contributed by atoms with van der Waals surface area (Å²) in [5.74, 6) is -1.07. The average molecular weight is 275 g/mol. The minimum atomic E-state index is -0.607. The maximum atomic E-state index is 12.1. The van der Waals surface area contributed by atoms with Gasteiger partial charge in [0.2, 0.25) is 0 Å². The molecule has 0 spiro atoms. The molecule has 0 radical (unpaired) electrons. The highest BCUT2D eigenvalue weighted by atomic mass is 16.2.